The van der Waals surface area contributed by atoms with E-state index in [9.17, 15) is 9.59 Å². The molecule has 8 nitrogen and oxygen atoms in total. The molecule has 0 fully saturated rings. The van der Waals surface area contributed by atoms with E-state index < -0.39 is 0 Å². The Morgan fingerprint density at radius 3 is 2.59 bits per heavy atom. The molecule has 0 aliphatic rings. The number of nitrogens with one attached hydrogen (secondary N) is 1. The van der Waals surface area contributed by atoms with Gasteiger partial charge in [-0.1, -0.05) is 42.1 Å². The van der Waals surface area contributed by atoms with Crippen molar-refractivity contribution in [2.75, 3.05) is 20.0 Å². The van der Waals surface area contributed by atoms with E-state index in [-0.39, 0.29) is 17.2 Å². The summed E-state index contributed by atoms with van der Waals surface area (Å²) in [5, 5.41) is 4.95. The summed E-state index contributed by atoms with van der Waals surface area (Å²) in [7, 11) is 3.12. The smallest absolute Gasteiger partial charge is 0.266 e. The van der Waals surface area contributed by atoms with Crippen LogP contribution in [0.5, 0.6) is 11.5 Å². The fraction of sp³-hybridized carbons (Fsp3) is 0.120. The number of benzene rings is 3. The third-order valence-electron chi connectivity index (χ3n) is 4.92. The van der Waals surface area contributed by atoms with Gasteiger partial charge in [-0.25, -0.2) is 10.4 Å². The van der Waals surface area contributed by atoms with E-state index in [0.29, 0.717) is 38.8 Å². The Morgan fingerprint density at radius 2 is 1.82 bits per heavy atom. The van der Waals surface area contributed by atoms with Gasteiger partial charge in [-0.2, -0.15) is 5.10 Å². The minimum Gasteiger partial charge on any atom is -0.497 e. The molecule has 0 saturated heterocycles. The summed E-state index contributed by atoms with van der Waals surface area (Å²) >= 11 is 1.16. The van der Waals surface area contributed by atoms with Crippen molar-refractivity contribution >= 4 is 34.8 Å². The fourth-order valence-corrected chi connectivity index (χ4v) is 4.10. The van der Waals surface area contributed by atoms with Gasteiger partial charge in [0.1, 0.15) is 11.5 Å². The number of amides is 1. The number of rotatable bonds is 8. The van der Waals surface area contributed by atoms with Gasteiger partial charge in [0.05, 0.1) is 42.8 Å². The Labute approximate surface area is 200 Å². The zero-order valence-electron chi connectivity index (χ0n) is 18.6. The summed E-state index contributed by atoms with van der Waals surface area (Å²) in [6.45, 7) is 0. The van der Waals surface area contributed by atoms with Crippen molar-refractivity contribution in [3.05, 3.63) is 88.7 Å². The van der Waals surface area contributed by atoms with Crippen LogP contribution in [0.2, 0.25) is 0 Å². The van der Waals surface area contributed by atoms with Crippen LogP contribution >= 0.6 is 11.8 Å². The lowest BCUT2D eigenvalue weighted by Gasteiger charge is -2.12. The van der Waals surface area contributed by atoms with Gasteiger partial charge in [-0.05, 0) is 42.5 Å². The van der Waals surface area contributed by atoms with Crippen LogP contribution in [0.15, 0.2) is 87.8 Å². The largest absolute Gasteiger partial charge is 0.497 e. The van der Waals surface area contributed by atoms with E-state index in [4.69, 9.17) is 9.47 Å². The SMILES string of the molecule is COc1ccc(OC)c(/C=N/NC(=O)CSc2nc3ccccc3c(=O)n2-c2ccccc2)c1. The van der Waals surface area contributed by atoms with Crippen molar-refractivity contribution in [3.8, 4) is 17.2 Å². The van der Waals surface area contributed by atoms with Crippen LogP contribution in [-0.4, -0.2) is 41.6 Å². The Hall–Kier alpha value is -4.11. The Morgan fingerprint density at radius 1 is 1.06 bits per heavy atom. The second-order valence-corrected chi connectivity index (χ2v) is 8.02. The van der Waals surface area contributed by atoms with Crippen LogP contribution in [0.25, 0.3) is 16.6 Å². The number of aromatic nitrogens is 2. The van der Waals surface area contributed by atoms with Gasteiger partial charge in [0.2, 0.25) is 0 Å². The summed E-state index contributed by atoms with van der Waals surface area (Å²) in [6.07, 6.45) is 1.48. The van der Waals surface area contributed by atoms with Gasteiger partial charge < -0.3 is 9.47 Å². The molecule has 4 rings (SSSR count). The van der Waals surface area contributed by atoms with E-state index in [0.717, 1.165) is 11.8 Å². The van der Waals surface area contributed by atoms with E-state index in [1.165, 1.54) is 10.8 Å². The molecule has 1 N–H and O–H groups in total. The molecular formula is C25H22N4O4S. The molecule has 0 aliphatic heterocycles. The number of hydrogen-bond acceptors (Lipinski definition) is 7. The number of hydrogen-bond donors (Lipinski definition) is 1. The van der Waals surface area contributed by atoms with Crippen molar-refractivity contribution in [2.24, 2.45) is 5.10 Å². The summed E-state index contributed by atoms with van der Waals surface area (Å²) in [4.78, 5) is 30.3. The summed E-state index contributed by atoms with van der Waals surface area (Å²) in [5.74, 6) is 0.917. The zero-order chi connectivity index (χ0) is 23.9. The van der Waals surface area contributed by atoms with E-state index in [1.54, 1.807) is 50.6 Å². The minimum absolute atomic E-state index is 0.0181. The molecule has 0 atom stereocenters. The fourth-order valence-electron chi connectivity index (χ4n) is 3.29. The number of methoxy groups -OCH3 is 2. The normalized spacial score (nSPS) is 11.0. The van der Waals surface area contributed by atoms with E-state index in [2.05, 4.69) is 15.5 Å². The number of ether oxygens (including phenoxy) is 2. The summed E-state index contributed by atoms with van der Waals surface area (Å²) in [6, 6.07) is 21.6. The maximum Gasteiger partial charge on any atom is 0.266 e. The minimum atomic E-state index is -0.342. The number of thioether (sulfide) groups is 1. The first kappa shape index (κ1) is 23.1. The summed E-state index contributed by atoms with van der Waals surface area (Å²) in [5.41, 5.74) is 4.22. The number of carbonyl (C=O) groups excluding carboxylic acids is 1. The molecule has 0 bridgehead atoms. The number of nitrogens with zero attached hydrogens (tertiary/aromatic N) is 3. The maximum absolute atomic E-state index is 13.2. The lowest BCUT2D eigenvalue weighted by Crippen LogP contribution is -2.24. The molecule has 4 aromatic rings. The molecule has 172 valence electrons. The number of para-hydroxylation sites is 2. The highest BCUT2D eigenvalue weighted by atomic mass is 32.2. The van der Waals surface area contributed by atoms with Gasteiger partial charge >= 0.3 is 0 Å². The standard InChI is InChI=1S/C25H22N4O4S/c1-32-19-12-13-22(33-2)17(14-19)15-26-28-23(30)16-34-25-27-21-11-7-6-10-20(21)24(31)29(25)18-8-4-3-5-9-18/h3-15H,16H2,1-2H3,(H,28,30)/b26-15+. The van der Waals surface area contributed by atoms with Crippen molar-refractivity contribution in [1.82, 2.24) is 15.0 Å². The topological polar surface area (TPSA) is 94.8 Å². The molecule has 34 heavy (non-hydrogen) atoms. The molecule has 0 aliphatic carbocycles. The van der Waals surface area contributed by atoms with Crippen molar-refractivity contribution in [3.63, 3.8) is 0 Å². The van der Waals surface area contributed by atoms with E-state index >= 15 is 0 Å². The quantitative estimate of drug-likeness (QED) is 0.181. The third-order valence-corrected chi connectivity index (χ3v) is 5.86. The Balaban J connectivity index is 1.53. The second-order valence-electron chi connectivity index (χ2n) is 7.08. The molecule has 0 saturated carbocycles. The lowest BCUT2D eigenvalue weighted by molar-refractivity contribution is -0.118. The molecule has 3 aromatic carbocycles. The van der Waals surface area contributed by atoms with Gasteiger partial charge in [-0.15, -0.1) is 0 Å². The third kappa shape index (κ3) is 5.10. The van der Waals surface area contributed by atoms with Gasteiger partial charge in [0.15, 0.2) is 5.16 Å². The number of carbonyl (C=O) groups is 1. The monoisotopic (exact) mass is 474 g/mol. The van der Waals surface area contributed by atoms with Gasteiger partial charge in [-0.3, -0.25) is 14.2 Å². The zero-order valence-corrected chi connectivity index (χ0v) is 19.4. The van der Waals surface area contributed by atoms with Crippen LogP contribution < -0.4 is 20.5 Å². The van der Waals surface area contributed by atoms with Crippen molar-refractivity contribution in [1.29, 1.82) is 0 Å². The first-order valence-corrected chi connectivity index (χ1v) is 11.3. The molecular weight excluding hydrogens is 452 g/mol. The number of fused-ring (bicyclic) bond motifs is 1. The predicted molar refractivity (Wildman–Crippen MR) is 133 cm³/mol. The van der Waals surface area contributed by atoms with Crippen LogP contribution in [0.4, 0.5) is 0 Å². The van der Waals surface area contributed by atoms with Crippen LogP contribution in [0, 0.1) is 0 Å². The Kier molecular flexibility index (Phi) is 7.24. The van der Waals surface area contributed by atoms with Crippen molar-refractivity contribution in [2.45, 2.75) is 5.16 Å². The average molecular weight is 475 g/mol. The predicted octanol–water partition coefficient (Wildman–Crippen LogP) is 3.65. The highest BCUT2D eigenvalue weighted by Gasteiger charge is 2.14. The van der Waals surface area contributed by atoms with Crippen molar-refractivity contribution < 1.29 is 14.3 Å². The highest BCUT2D eigenvalue weighted by molar-refractivity contribution is 7.99. The molecule has 0 unspecified atom stereocenters. The van der Waals surface area contributed by atoms with Gasteiger partial charge in [0.25, 0.3) is 11.5 Å². The van der Waals surface area contributed by atoms with Crippen LogP contribution in [0.1, 0.15) is 5.56 Å². The molecule has 1 aromatic heterocycles. The average Bonchev–Trinajstić information content (AvgIpc) is 2.88. The lowest BCUT2D eigenvalue weighted by atomic mass is 10.2. The molecule has 0 spiro atoms. The highest BCUT2D eigenvalue weighted by Crippen LogP contribution is 2.23. The molecule has 1 heterocycles. The van der Waals surface area contributed by atoms with Gasteiger partial charge in [0, 0.05) is 5.56 Å². The first-order valence-electron chi connectivity index (χ1n) is 10.3. The number of hydrazone groups is 1. The molecule has 1 amide bonds. The maximum atomic E-state index is 13.2. The Bertz CT molecular complexity index is 1400. The summed E-state index contributed by atoms with van der Waals surface area (Å²) < 4.78 is 12.0. The van der Waals surface area contributed by atoms with Crippen LogP contribution in [0.3, 0.4) is 0 Å². The molecule has 9 heteroatoms. The van der Waals surface area contributed by atoms with E-state index in [1.807, 2.05) is 36.4 Å². The first-order chi connectivity index (χ1) is 16.6. The molecule has 0 radical (unpaired) electrons. The second kappa shape index (κ2) is 10.7. The van der Waals surface area contributed by atoms with Crippen LogP contribution in [-0.2, 0) is 4.79 Å².